The molecule has 1 aliphatic rings. The molecule has 0 unspecified atom stereocenters. The van der Waals surface area contributed by atoms with Gasteiger partial charge in [-0.2, -0.15) is 5.10 Å². The Morgan fingerprint density at radius 1 is 1.27 bits per heavy atom. The minimum absolute atomic E-state index is 0.280. The van der Waals surface area contributed by atoms with Crippen molar-refractivity contribution in [3.63, 3.8) is 0 Å². The van der Waals surface area contributed by atoms with Crippen LogP contribution in [-0.4, -0.2) is 34.9 Å². The summed E-state index contributed by atoms with van der Waals surface area (Å²) >= 11 is 0. The normalized spacial score (nSPS) is 24.3. The maximum atomic E-state index is 5.82. The third-order valence-corrected chi connectivity index (χ3v) is 3.12. The molecule has 0 amide bonds. The zero-order valence-electron chi connectivity index (χ0n) is 9.57. The standard InChI is InChI=1S/C10H16BN2O2/c1-9(2)10(3,4)15-8(14-9)11-7-5-12-13-6-7/h5-6,8H,1-4H3,(H,12,13). The van der Waals surface area contributed by atoms with Crippen molar-refractivity contribution in [3.8, 4) is 0 Å². The summed E-state index contributed by atoms with van der Waals surface area (Å²) in [7, 11) is 1.92. The molecule has 0 saturated carbocycles. The van der Waals surface area contributed by atoms with Gasteiger partial charge in [0.25, 0.3) is 0 Å². The van der Waals surface area contributed by atoms with Crippen molar-refractivity contribution in [2.45, 2.75) is 45.1 Å². The van der Waals surface area contributed by atoms with Gasteiger partial charge < -0.3 is 9.47 Å². The Kier molecular flexibility index (Phi) is 2.39. The van der Waals surface area contributed by atoms with E-state index in [2.05, 4.69) is 10.2 Å². The molecule has 1 N–H and O–H groups in total. The van der Waals surface area contributed by atoms with Crippen molar-refractivity contribution in [2.75, 3.05) is 0 Å². The number of H-pyrrole nitrogens is 1. The summed E-state index contributed by atoms with van der Waals surface area (Å²) in [4.78, 5) is 0. The van der Waals surface area contributed by atoms with Crippen LogP contribution in [0.5, 0.6) is 0 Å². The first-order chi connectivity index (χ1) is 6.91. The molecule has 2 heterocycles. The third kappa shape index (κ3) is 1.94. The van der Waals surface area contributed by atoms with Crippen LogP contribution in [0.15, 0.2) is 12.4 Å². The molecule has 1 aromatic rings. The highest BCUT2D eigenvalue weighted by molar-refractivity contribution is 6.54. The fraction of sp³-hybridized carbons (Fsp3) is 0.700. The predicted octanol–water partition coefficient (Wildman–Crippen LogP) is 0.627. The molecule has 2 rings (SSSR count). The van der Waals surface area contributed by atoms with Crippen LogP contribution in [0, 0.1) is 0 Å². The van der Waals surface area contributed by atoms with Gasteiger partial charge in [0.2, 0.25) is 7.28 Å². The maximum absolute atomic E-state index is 5.82. The number of aromatic nitrogens is 2. The first kappa shape index (κ1) is 10.7. The molecule has 4 nitrogen and oxygen atoms in total. The molecule has 1 saturated heterocycles. The summed E-state index contributed by atoms with van der Waals surface area (Å²) in [6.07, 6.45) is 3.25. The van der Waals surface area contributed by atoms with Crippen molar-refractivity contribution >= 4 is 12.7 Å². The van der Waals surface area contributed by atoms with Gasteiger partial charge in [0.1, 0.15) is 6.19 Å². The number of aromatic amines is 1. The fourth-order valence-corrected chi connectivity index (χ4v) is 1.47. The summed E-state index contributed by atoms with van der Waals surface area (Å²) < 4.78 is 11.6. The molecular formula is C10H16BN2O2. The summed E-state index contributed by atoms with van der Waals surface area (Å²) in [6.45, 7) is 8.15. The smallest absolute Gasteiger partial charge is 0.230 e. The van der Waals surface area contributed by atoms with E-state index in [4.69, 9.17) is 9.47 Å². The van der Waals surface area contributed by atoms with E-state index in [9.17, 15) is 0 Å². The summed E-state index contributed by atoms with van der Waals surface area (Å²) in [5.74, 6) is 0. The van der Waals surface area contributed by atoms with Crippen LogP contribution >= 0.6 is 0 Å². The maximum Gasteiger partial charge on any atom is 0.230 e. The van der Waals surface area contributed by atoms with Crippen LogP contribution < -0.4 is 5.46 Å². The lowest BCUT2D eigenvalue weighted by molar-refractivity contribution is -0.0267. The van der Waals surface area contributed by atoms with E-state index < -0.39 is 0 Å². The Hall–Kier alpha value is -0.805. The second-order valence-electron chi connectivity index (χ2n) is 4.82. The largest absolute Gasteiger partial charge is 0.352 e. The molecule has 5 heteroatoms. The number of hydrogen-bond donors (Lipinski definition) is 1. The average molecular weight is 207 g/mol. The second-order valence-corrected chi connectivity index (χ2v) is 4.82. The van der Waals surface area contributed by atoms with Crippen molar-refractivity contribution < 1.29 is 9.47 Å². The topological polar surface area (TPSA) is 47.1 Å². The van der Waals surface area contributed by atoms with E-state index >= 15 is 0 Å². The van der Waals surface area contributed by atoms with E-state index in [0.29, 0.717) is 0 Å². The van der Waals surface area contributed by atoms with Gasteiger partial charge in [0, 0.05) is 12.4 Å². The van der Waals surface area contributed by atoms with Crippen LogP contribution in [0.2, 0.25) is 0 Å². The highest BCUT2D eigenvalue weighted by atomic mass is 16.7. The van der Waals surface area contributed by atoms with Crippen LogP contribution in [0.4, 0.5) is 0 Å². The lowest BCUT2D eigenvalue weighted by Gasteiger charge is -2.30. The van der Waals surface area contributed by atoms with Crippen molar-refractivity contribution in [3.05, 3.63) is 12.4 Å². The van der Waals surface area contributed by atoms with Crippen molar-refractivity contribution in [1.29, 1.82) is 0 Å². The number of nitrogens with zero attached hydrogens (tertiary/aromatic N) is 1. The summed E-state index contributed by atoms with van der Waals surface area (Å²) in [6, 6.07) is 0. The minimum atomic E-state index is -0.299. The zero-order valence-corrected chi connectivity index (χ0v) is 9.57. The summed E-state index contributed by atoms with van der Waals surface area (Å²) in [5.41, 5.74) is 0.420. The Morgan fingerprint density at radius 2 is 1.87 bits per heavy atom. The first-order valence-electron chi connectivity index (χ1n) is 5.10. The highest BCUT2D eigenvalue weighted by Crippen LogP contribution is 2.37. The van der Waals surface area contributed by atoms with Crippen LogP contribution in [0.3, 0.4) is 0 Å². The number of ether oxygens (including phenoxy) is 2. The monoisotopic (exact) mass is 207 g/mol. The van der Waals surface area contributed by atoms with E-state index in [1.807, 2.05) is 41.2 Å². The molecule has 1 aromatic heterocycles. The number of nitrogens with one attached hydrogen (secondary N) is 1. The van der Waals surface area contributed by atoms with Crippen molar-refractivity contribution in [2.24, 2.45) is 0 Å². The van der Waals surface area contributed by atoms with E-state index in [-0.39, 0.29) is 17.4 Å². The lowest BCUT2D eigenvalue weighted by atomic mass is 9.71. The van der Waals surface area contributed by atoms with Gasteiger partial charge in [-0.25, -0.2) is 0 Å². The zero-order chi connectivity index (χ0) is 11.1. The molecule has 81 valence electrons. The molecule has 0 atom stereocenters. The predicted molar refractivity (Wildman–Crippen MR) is 58.1 cm³/mol. The van der Waals surface area contributed by atoms with Gasteiger partial charge in [0.15, 0.2) is 0 Å². The Bertz CT molecular complexity index is 319. The molecule has 0 aliphatic carbocycles. The second kappa shape index (κ2) is 3.35. The first-order valence-corrected chi connectivity index (χ1v) is 5.10. The highest BCUT2D eigenvalue weighted by Gasteiger charge is 2.48. The number of hydrogen-bond acceptors (Lipinski definition) is 3. The van der Waals surface area contributed by atoms with Crippen LogP contribution in [0.1, 0.15) is 27.7 Å². The lowest BCUT2D eigenvalue weighted by Crippen LogP contribution is -2.41. The molecule has 0 bridgehead atoms. The molecule has 15 heavy (non-hydrogen) atoms. The molecule has 0 aromatic carbocycles. The third-order valence-electron chi connectivity index (χ3n) is 3.12. The SMILES string of the molecule is CC1(C)OC([B]c2cn[nH]c2)OC1(C)C. The molecular weight excluding hydrogens is 191 g/mol. The Balaban J connectivity index is 2.04. The van der Waals surface area contributed by atoms with Crippen molar-refractivity contribution in [1.82, 2.24) is 10.2 Å². The Morgan fingerprint density at radius 3 is 2.33 bits per heavy atom. The van der Waals surface area contributed by atoms with Crippen LogP contribution in [-0.2, 0) is 9.47 Å². The number of rotatable bonds is 2. The van der Waals surface area contributed by atoms with Gasteiger partial charge >= 0.3 is 0 Å². The van der Waals surface area contributed by atoms with E-state index in [1.165, 1.54) is 0 Å². The van der Waals surface area contributed by atoms with Gasteiger partial charge in [-0.3, -0.25) is 5.10 Å². The van der Waals surface area contributed by atoms with E-state index in [1.54, 1.807) is 6.20 Å². The quantitative estimate of drug-likeness (QED) is 0.723. The summed E-state index contributed by atoms with van der Waals surface area (Å²) in [5, 5.41) is 6.62. The fourth-order valence-electron chi connectivity index (χ4n) is 1.47. The van der Waals surface area contributed by atoms with Gasteiger partial charge in [-0.1, -0.05) is 0 Å². The van der Waals surface area contributed by atoms with E-state index in [0.717, 1.165) is 5.46 Å². The van der Waals surface area contributed by atoms with Gasteiger partial charge in [-0.05, 0) is 33.2 Å². The van der Waals surface area contributed by atoms with Crippen LogP contribution in [0.25, 0.3) is 0 Å². The molecule has 0 spiro atoms. The molecule has 1 aliphatic heterocycles. The molecule has 1 radical (unpaired) electrons. The average Bonchev–Trinajstić information content (AvgIpc) is 2.59. The van der Waals surface area contributed by atoms with Gasteiger partial charge in [-0.15, -0.1) is 0 Å². The van der Waals surface area contributed by atoms with Gasteiger partial charge in [0.05, 0.1) is 11.2 Å². The minimum Gasteiger partial charge on any atom is -0.352 e. The Labute approximate surface area is 90.6 Å². The molecule has 1 fully saturated rings.